The number of hydrogen-bond donors (Lipinski definition) is 1. The predicted octanol–water partition coefficient (Wildman–Crippen LogP) is 2.59. The van der Waals surface area contributed by atoms with Crippen LogP contribution in [0.2, 0.25) is 0 Å². The van der Waals surface area contributed by atoms with Gasteiger partial charge in [0.15, 0.2) is 0 Å². The van der Waals surface area contributed by atoms with E-state index in [9.17, 15) is 0 Å². The van der Waals surface area contributed by atoms with Crippen LogP contribution in [0.4, 0.5) is 0 Å². The molecule has 3 heteroatoms. The Kier molecular flexibility index (Phi) is 4.26. The van der Waals surface area contributed by atoms with Crippen LogP contribution in [0.5, 0.6) is 11.5 Å². The lowest BCUT2D eigenvalue weighted by Crippen LogP contribution is -2.28. The summed E-state index contributed by atoms with van der Waals surface area (Å²) in [5.74, 6) is 2.38. The van der Waals surface area contributed by atoms with Crippen LogP contribution >= 0.6 is 0 Å². The summed E-state index contributed by atoms with van der Waals surface area (Å²) in [7, 11) is 1.67. The van der Waals surface area contributed by atoms with Gasteiger partial charge in [-0.3, -0.25) is 0 Å². The SMILES string of the molecule is COc1cccc(OCC2CCC(N)CC2)c1. The van der Waals surface area contributed by atoms with Gasteiger partial charge in [0.25, 0.3) is 0 Å². The van der Waals surface area contributed by atoms with E-state index in [4.69, 9.17) is 15.2 Å². The highest BCUT2D eigenvalue weighted by molar-refractivity contribution is 5.32. The molecule has 1 saturated carbocycles. The van der Waals surface area contributed by atoms with Crippen molar-refractivity contribution in [2.24, 2.45) is 11.7 Å². The zero-order valence-electron chi connectivity index (χ0n) is 10.4. The molecule has 3 nitrogen and oxygen atoms in total. The van der Waals surface area contributed by atoms with E-state index in [0.717, 1.165) is 30.9 Å². The standard InChI is InChI=1S/C14H21NO2/c1-16-13-3-2-4-14(9-13)17-10-11-5-7-12(15)8-6-11/h2-4,9,11-12H,5-8,10,15H2,1H3. The third-order valence-corrected chi connectivity index (χ3v) is 3.42. The molecular formula is C14H21NO2. The monoisotopic (exact) mass is 235 g/mol. The van der Waals surface area contributed by atoms with Gasteiger partial charge < -0.3 is 15.2 Å². The number of rotatable bonds is 4. The fourth-order valence-electron chi connectivity index (χ4n) is 2.26. The zero-order valence-corrected chi connectivity index (χ0v) is 10.4. The molecule has 2 rings (SSSR count). The third-order valence-electron chi connectivity index (χ3n) is 3.42. The lowest BCUT2D eigenvalue weighted by molar-refractivity contribution is 0.200. The molecule has 0 atom stereocenters. The second-order valence-electron chi connectivity index (χ2n) is 4.77. The second-order valence-corrected chi connectivity index (χ2v) is 4.77. The number of hydrogen-bond acceptors (Lipinski definition) is 3. The summed E-state index contributed by atoms with van der Waals surface area (Å²) in [6.07, 6.45) is 4.63. The fraction of sp³-hybridized carbons (Fsp3) is 0.571. The average Bonchev–Trinajstić information content (AvgIpc) is 2.38. The minimum absolute atomic E-state index is 0.406. The maximum absolute atomic E-state index is 5.88. The van der Waals surface area contributed by atoms with Crippen molar-refractivity contribution in [3.05, 3.63) is 24.3 Å². The minimum atomic E-state index is 0.406. The van der Waals surface area contributed by atoms with Crippen molar-refractivity contribution in [2.45, 2.75) is 31.7 Å². The summed E-state index contributed by atoms with van der Waals surface area (Å²) >= 11 is 0. The van der Waals surface area contributed by atoms with Crippen molar-refractivity contribution >= 4 is 0 Å². The van der Waals surface area contributed by atoms with Crippen LogP contribution in [-0.2, 0) is 0 Å². The molecule has 0 amide bonds. The Morgan fingerprint density at radius 3 is 2.59 bits per heavy atom. The summed E-state index contributed by atoms with van der Waals surface area (Å²) in [4.78, 5) is 0. The zero-order chi connectivity index (χ0) is 12.1. The van der Waals surface area contributed by atoms with Crippen molar-refractivity contribution in [3.63, 3.8) is 0 Å². The highest BCUT2D eigenvalue weighted by Crippen LogP contribution is 2.25. The van der Waals surface area contributed by atoms with Gasteiger partial charge in [-0.2, -0.15) is 0 Å². The molecule has 1 fully saturated rings. The highest BCUT2D eigenvalue weighted by atomic mass is 16.5. The number of methoxy groups -OCH3 is 1. The van der Waals surface area contributed by atoms with E-state index in [0.29, 0.717) is 12.0 Å². The van der Waals surface area contributed by atoms with Gasteiger partial charge in [-0.1, -0.05) is 6.07 Å². The molecule has 0 spiro atoms. The highest BCUT2D eigenvalue weighted by Gasteiger charge is 2.18. The lowest BCUT2D eigenvalue weighted by atomic mass is 9.87. The molecule has 0 saturated heterocycles. The van der Waals surface area contributed by atoms with E-state index >= 15 is 0 Å². The molecule has 0 radical (unpaired) electrons. The number of benzene rings is 1. The van der Waals surface area contributed by atoms with Crippen LogP contribution in [0.3, 0.4) is 0 Å². The quantitative estimate of drug-likeness (QED) is 0.872. The fourth-order valence-corrected chi connectivity index (χ4v) is 2.26. The van der Waals surface area contributed by atoms with Crippen LogP contribution < -0.4 is 15.2 Å². The first-order chi connectivity index (χ1) is 8.28. The Labute approximate surface area is 103 Å². The topological polar surface area (TPSA) is 44.5 Å². The molecule has 0 unspecified atom stereocenters. The molecule has 0 aliphatic heterocycles. The molecule has 1 aromatic carbocycles. The summed E-state index contributed by atoms with van der Waals surface area (Å²) in [5.41, 5.74) is 5.88. The third kappa shape index (κ3) is 3.63. The normalized spacial score (nSPS) is 24.4. The van der Waals surface area contributed by atoms with Crippen molar-refractivity contribution in [1.29, 1.82) is 0 Å². The summed E-state index contributed by atoms with van der Waals surface area (Å²) in [5, 5.41) is 0. The maximum Gasteiger partial charge on any atom is 0.122 e. The molecule has 94 valence electrons. The van der Waals surface area contributed by atoms with E-state index in [-0.39, 0.29) is 0 Å². The van der Waals surface area contributed by atoms with Crippen LogP contribution in [0.25, 0.3) is 0 Å². The Morgan fingerprint density at radius 2 is 1.88 bits per heavy atom. The smallest absolute Gasteiger partial charge is 0.122 e. The van der Waals surface area contributed by atoms with Crippen molar-refractivity contribution in [1.82, 2.24) is 0 Å². The molecule has 1 aromatic rings. The van der Waals surface area contributed by atoms with Gasteiger partial charge in [-0.15, -0.1) is 0 Å². The van der Waals surface area contributed by atoms with Crippen LogP contribution in [0.1, 0.15) is 25.7 Å². The predicted molar refractivity (Wildman–Crippen MR) is 68.4 cm³/mol. The molecule has 0 heterocycles. The minimum Gasteiger partial charge on any atom is -0.497 e. The molecule has 1 aliphatic rings. The van der Waals surface area contributed by atoms with Gasteiger partial charge >= 0.3 is 0 Å². The first kappa shape index (κ1) is 12.2. The van der Waals surface area contributed by atoms with Gasteiger partial charge in [0.05, 0.1) is 13.7 Å². The Morgan fingerprint density at radius 1 is 1.18 bits per heavy atom. The van der Waals surface area contributed by atoms with E-state index in [1.54, 1.807) is 7.11 Å². The van der Waals surface area contributed by atoms with Crippen LogP contribution in [0, 0.1) is 5.92 Å². The van der Waals surface area contributed by atoms with Gasteiger partial charge in [-0.25, -0.2) is 0 Å². The van der Waals surface area contributed by atoms with Crippen LogP contribution in [0.15, 0.2) is 24.3 Å². The molecule has 0 bridgehead atoms. The second kappa shape index (κ2) is 5.92. The van der Waals surface area contributed by atoms with Gasteiger partial charge in [0.1, 0.15) is 11.5 Å². The summed E-state index contributed by atoms with van der Waals surface area (Å²) in [6.45, 7) is 0.792. The molecule has 17 heavy (non-hydrogen) atoms. The van der Waals surface area contributed by atoms with Crippen molar-refractivity contribution in [2.75, 3.05) is 13.7 Å². The first-order valence-electron chi connectivity index (χ1n) is 6.30. The van der Waals surface area contributed by atoms with Gasteiger partial charge in [0, 0.05) is 12.1 Å². The van der Waals surface area contributed by atoms with E-state index in [1.165, 1.54) is 12.8 Å². The van der Waals surface area contributed by atoms with Crippen molar-refractivity contribution in [3.8, 4) is 11.5 Å². The number of ether oxygens (including phenoxy) is 2. The van der Waals surface area contributed by atoms with E-state index in [1.807, 2.05) is 24.3 Å². The summed E-state index contributed by atoms with van der Waals surface area (Å²) in [6, 6.07) is 8.17. The van der Waals surface area contributed by atoms with Crippen molar-refractivity contribution < 1.29 is 9.47 Å². The maximum atomic E-state index is 5.88. The lowest BCUT2D eigenvalue weighted by Gasteiger charge is -2.25. The van der Waals surface area contributed by atoms with Gasteiger partial charge in [0.2, 0.25) is 0 Å². The Bertz CT molecular complexity index is 346. The van der Waals surface area contributed by atoms with Crippen LogP contribution in [-0.4, -0.2) is 19.8 Å². The molecule has 0 aromatic heterocycles. The van der Waals surface area contributed by atoms with E-state index in [2.05, 4.69) is 0 Å². The van der Waals surface area contributed by atoms with E-state index < -0.39 is 0 Å². The average molecular weight is 235 g/mol. The molecule has 1 aliphatic carbocycles. The summed E-state index contributed by atoms with van der Waals surface area (Å²) < 4.78 is 11.0. The van der Waals surface area contributed by atoms with Gasteiger partial charge in [-0.05, 0) is 43.7 Å². The largest absolute Gasteiger partial charge is 0.497 e. The Balaban J connectivity index is 1.81. The molecular weight excluding hydrogens is 214 g/mol. The first-order valence-corrected chi connectivity index (χ1v) is 6.30. The molecule has 2 N–H and O–H groups in total. The Hall–Kier alpha value is -1.22. The number of nitrogens with two attached hydrogens (primary N) is 1.